The van der Waals surface area contributed by atoms with Gasteiger partial charge in [0.2, 0.25) is 35.4 Å². The molecular formula is C65H91F2N13O14S. The van der Waals surface area contributed by atoms with E-state index >= 15 is 0 Å². The summed E-state index contributed by atoms with van der Waals surface area (Å²) < 4.78 is 34.4. The number of thioether (sulfide) groups is 1. The van der Waals surface area contributed by atoms with E-state index in [0.29, 0.717) is 94.5 Å². The molecule has 3 atom stereocenters. The minimum absolute atomic E-state index is 0.0657. The number of pyridine rings is 1. The van der Waals surface area contributed by atoms with Crippen LogP contribution in [-0.4, -0.2) is 305 Å². The van der Waals surface area contributed by atoms with E-state index in [2.05, 4.69) is 43.0 Å². The highest BCUT2D eigenvalue weighted by atomic mass is 32.2. The van der Waals surface area contributed by atoms with Crippen LogP contribution in [0.4, 0.5) is 8.78 Å². The number of alkyl halides is 2. The van der Waals surface area contributed by atoms with E-state index in [-0.39, 0.29) is 114 Å². The van der Waals surface area contributed by atoms with Crippen molar-refractivity contribution in [3.63, 3.8) is 0 Å². The maximum Gasteiger partial charge on any atom is 0.317 e. The SMILES string of the molecule is C/N=C/[C@H]1CC(F)(F)CN1C(=O)CNC(=O)c1ccnc2ccc(OCCCCN3CCN(C(=O)CN4C(=O)CC(SCC(CCCCNC(=O)CCCc5ccc(C)cc5)NC(=O)CN5CCN(CC(=O)O)CCN(CC(=O)O)CCN(CC(=O)O)CC5)C4=O)CC3)cc12. The minimum Gasteiger partial charge on any atom is -0.494 e. The molecule has 7 rings (SSSR count). The maximum atomic E-state index is 14.1. The number of nitrogens with one attached hydrogen (secondary N) is 3. The van der Waals surface area contributed by atoms with Crippen molar-refractivity contribution in [3.8, 4) is 5.75 Å². The number of aryl methyl sites for hydroxylation is 2. The van der Waals surface area contributed by atoms with Crippen LogP contribution in [0.25, 0.3) is 10.9 Å². The number of benzene rings is 2. The number of carbonyl (C=O) groups is 10. The molecule has 4 aliphatic heterocycles. The van der Waals surface area contributed by atoms with Crippen molar-refractivity contribution in [1.82, 2.24) is 60.1 Å². The van der Waals surface area contributed by atoms with Crippen LogP contribution in [0.1, 0.15) is 79.3 Å². The third kappa shape index (κ3) is 25.1. The second-order valence-electron chi connectivity index (χ2n) is 24.6. The number of hydrogen-bond donors (Lipinski definition) is 6. The van der Waals surface area contributed by atoms with Crippen molar-refractivity contribution in [3.05, 3.63) is 71.4 Å². The lowest BCUT2D eigenvalue weighted by Gasteiger charge is -2.35. The summed E-state index contributed by atoms with van der Waals surface area (Å²) in [7, 11) is 1.44. The summed E-state index contributed by atoms with van der Waals surface area (Å²) in [5.74, 6) is -8.52. The number of amides is 7. The Hall–Kier alpha value is -7.77. The van der Waals surface area contributed by atoms with Gasteiger partial charge in [0.1, 0.15) is 12.3 Å². The van der Waals surface area contributed by atoms with Crippen molar-refractivity contribution < 1.29 is 76.8 Å². The number of halogens is 2. The molecular weight excluding hydrogens is 1260 g/mol. The molecule has 2 unspecified atom stereocenters. The zero-order chi connectivity index (χ0) is 68.4. The Bertz CT molecular complexity index is 3130. The van der Waals surface area contributed by atoms with Gasteiger partial charge < -0.3 is 45.8 Å². The Morgan fingerprint density at radius 2 is 1.35 bits per heavy atom. The molecule has 2 aromatic carbocycles. The lowest BCUT2D eigenvalue weighted by atomic mass is 10.1. The van der Waals surface area contributed by atoms with Crippen LogP contribution in [0.3, 0.4) is 0 Å². The number of hydrogen-bond acceptors (Lipinski definition) is 19. The van der Waals surface area contributed by atoms with Crippen molar-refractivity contribution in [2.24, 2.45) is 4.99 Å². The van der Waals surface area contributed by atoms with Crippen LogP contribution in [-0.2, 0) is 49.6 Å². The molecule has 4 aliphatic rings. The fourth-order valence-corrected chi connectivity index (χ4v) is 13.2. The quantitative estimate of drug-likeness (QED) is 0.0287. The van der Waals surface area contributed by atoms with Crippen LogP contribution in [0.5, 0.6) is 5.75 Å². The summed E-state index contributed by atoms with van der Waals surface area (Å²) in [6.45, 7) is 4.51. The molecule has 0 saturated carbocycles. The van der Waals surface area contributed by atoms with E-state index in [1.807, 2.05) is 24.0 Å². The van der Waals surface area contributed by atoms with Gasteiger partial charge in [0, 0.05) is 141 Å². The first-order chi connectivity index (χ1) is 45.5. The number of aliphatic carboxylic acids is 3. The highest BCUT2D eigenvalue weighted by Crippen LogP contribution is 2.32. The number of aliphatic imine (C=N–C) groups is 1. The second kappa shape index (κ2) is 37.5. The molecule has 520 valence electrons. The minimum atomic E-state index is -3.06. The molecule has 0 radical (unpaired) electrons. The number of fused-ring (bicyclic) bond motifs is 1. The number of unbranched alkanes of at least 4 members (excludes halogenated alkanes) is 2. The average Bonchev–Trinajstić information content (AvgIpc) is 1.54. The van der Waals surface area contributed by atoms with Gasteiger partial charge in [0.25, 0.3) is 11.8 Å². The molecule has 3 aromatic rings. The molecule has 95 heavy (non-hydrogen) atoms. The first-order valence-electron chi connectivity index (χ1n) is 32.5. The van der Waals surface area contributed by atoms with Gasteiger partial charge in [0.15, 0.2) is 0 Å². The molecule has 0 spiro atoms. The van der Waals surface area contributed by atoms with Gasteiger partial charge in [-0.2, -0.15) is 0 Å². The number of likely N-dealkylation sites (tertiary alicyclic amines) is 2. The van der Waals surface area contributed by atoms with E-state index < -0.39 is 90.8 Å². The normalized spacial score (nSPS) is 19.3. The number of carboxylic acid groups (broad SMARTS) is 3. The number of piperazine rings is 1. The van der Waals surface area contributed by atoms with E-state index in [0.717, 1.165) is 40.3 Å². The number of rotatable bonds is 33. The van der Waals surface area contributed by atoms with Gasteiger partial charge in [-0.1, -0.05) is 29.8 Å². The van der Waals surface area contributed by atoms with Gasteiger partial charge in [-0.05, 0) is 88.2 Å². The fourth-order valence-electron chi connectivity index (χ4n) is 12.0. The van der Waals surface area contributed by atoms with Crippen LogP contribution in [0.15, 0.2) is 59.7 Å². The number of ether oxygens (including phenoxy) is 1. The third-order valence-corrected chi connectivity index (χ3v) is 18.6. The standard InChI is InChI=1S/C65H91F2N13O14S/c1-46-11-13-47(14-12-46)8-7-10-55(81)70-18-4-3-9-48(72-56(82)39-74-21-23-75(41-60(86)87)25-27-77(43-62(90)91)28-26-76(24-22-74)42-61(88)89)44-95-54-35-57(83)79(64(54)93)40-59(85)78-31-29-73(30-32-78)20-5-6-33-94-50-15-16-53-52(34-50)51(17-19-69-53)63(92)71-38-58(84)80-45-65(66,67)36-49(80)37-68-2/h11-17,19,34,37,48-49,54H,3-10,18,20-33,35-36,38-45H2,1-2H3,(H,70,81)(H,71,92)(H,72,82)(H,86,87)(H,88,89)(H,90,91)/b68-37+/t48?,49-,54?/m1/s1. The fraction of sp³-hybridized carbons (Fsp3) is 0.600. The number of imide groups is 1. The van der Waals surface area contributed by atoms with Gasteiger partial charge in [-0.25, -0.2) is 8.78 Å². The highest BCUT2D eigenvalue weighted by molar-refractivity contribution is 8.00. The van der Waals surface area contributed by atoms with Crippen molar-refractivity contribution >= 4 is 88.1 Å². The van der Waals surface area contributed by atoms with Crippen LogP contribution >= 0.6 is 11.8 Å². The van der Waals surface area contributed by atoms with Crippen LogP contribution < -0.4 is 20.7 Å². The van der Waals surface area contributed by atoms with Crippen LogP contribution in [0.2, 0.25) is 0 Å². The van der Waals surface area contributed by atoms with Gasteiger partial charge in [-0.3, -0.25) is 87.3 Å². The summed E-state index contributed by atoms with van der Waals surface area (Å²) in [6, 6.07) is 13.5. The molecule has 0 aliphatic carbocycles. The predicted molar refractivity (Wildman–Crippen MR) is 350 cm³/mol. The van der Waals surface area contributed by atoms with Gasteiger partial charge in [0.05, 0.1) is 68.2 Å². The monoisotopic (exact) mass is 1350 g/mol. The van der Waals surface area contributed by atoms with E-state index in [4.69, 9.17) is 4.74 Å². The maximum absolute atomic E-state index is 14.1. The first-order valence-corrected chi connectivity index (χ1v) is 33.6. The molecule has 1 aromatic heterocycles. The summed E-state index contributed by atoms with van der Waals surface area (Å²) in [5, 5.41) is 37.3. The zero-order valence-electron chi connectivity index (χ0n) is 54.3. The summed E-state index contributed by atoms with van der Waals surface area (Å²) >= 11 is 1.22. The Balaban J connectivity index is 0.865. The molecule has 5 heterocycles. The number of carbonyl (C=O) groups excluding carboxylic acids is 7. The molecule has 0 bridgehead atoms. The largest absolute Gasteiger partial charge is 0.494 e. The Kier molecular flexibility index (Phi) is 29.5. The van der Waals surface area contributed by atoms with Gasteiger partial charge in [-0.15, -0.1) is 11.8 Å². The summed E-state index contributed by atoms with van der Waals surface area (Å²) in [5.41, 5.74) is 3.07. The third-order valence-electron chi connectivity index (χ3n) is 17.2. The number of carboxylic acids is 3. The Morgan fingerprint density at radius 1 is 0.726 bits per heavy atom. The van der Waals surface area contributed by atoms with Crippen LogP contribution in [0, 0.1) is 6.92 Å². The molecule has 4 fully saturated rings. The van der Waals surface area contributed by atoms with E-state index in [1.54, 1.807) is 37.8 Å². The van der Waals surface area contributed by atoms with E-state index in [9.17, 15) is 72.0 Å². The number of nitrogens with zero attached hydrogens (tertiary/aromatic N) is 10. The molecule has 7 amide bonds. The second-order valence-corrected chi connectivity index (χ2v) is 25.9. The molecule has 6 N–H and O–H groups in total. The van der Waals surface area contributed by atoms with Gasteiger partial charge >= 0.3 is 17.9 Å². The Morgan fingerprint density at radius 3 is 1.97 bits per heavy atom. The van der Waals surface area contributed by atoms with E-state index in [1.165, 1.54) is 37.3 Å². The summed E-state index contributed by atoms with van der Waals surface area (Å²) in [6.07, 6.45) is 7.03. The number of aromatic nitrogens is 1. The summed E-state index contributed by atoms with van der Waals surface area (Å²) in [4.78, 5) is 150. The van der Waals surface area contributed by atoms with Crippen molar-refractivity contribution in [2.75, 3.05) is 157 Å². The predicted octanol–water partition coefficient (Wildman–Crippen LogP) is 1.64. The Labute approximate surface area is 556 Å². The highest BCUT2D eigenvalue weighted by Gasteiger charge is 2.46. The molecule has 27 nitrogen and oxygen atoms in total. The van der Waals surface area contributed by atoms with Crippen molar-refractivity contribution in [1.29, 1.82) is 0 Å². The molecule has 30 heteroatoms. The lowest BCUT2D eigenvalue weighted by molar-refractivity contribution is -0.146. The topological polar surface area (TPSA) is 328 Å². The average molecular weight is 1350 g/mol. The smallest absolute Gasteiger partial charge is 0.317 e. The first kappa shape index (κ1) is 74.6. The zero-order valence-corrected chi connectivity index (χ0v) is 55.1. The lowest BCUT2D eigenvalue weighted by Crippen LogP contribution is -2.52. The van der Waals surface area contributed by atoms with Crippen molar-refractivity contribution in [2.45, 2.75) is 94.4 Å². The molecule has 4 saturated heterocycles.